The van der Waals surface area contributed by atoms with Crippen LogP contribution in [0.5, 0.6) is 11.5 Å². The average molecular weight is 582 g/mol. The molecule has 0 saturated carbocycles. The van der Waals surface area contributed by atoms with Gasteiger partial charge in [0.1, 0.15) is 48.6 Å². The highest BCUT2D eigenvalue weighted by atomic mass is 35.5. The molecule has 5 atom stereocenters. The topological polar surface area (TPSA) is 109 Å². The second-order valence-corrected chi connectivity index (χ2v) is 10.9. The van der Waals surface area contributed by atoms with Crippen LogP contribution in [0.4, 0.5) is 0 Å². The molecule has 2 fully saturated rings. The highest BCUT2D eigenvalue weighted by molar-refractivity contribution is 6.31. The number of carbonyl (C=O) groups is 1. The van der Waals surface area contributed by atoms with Crippen molar-refractivity contribution in [3.8, 4) is 11.5 Å². The molecule has 8 nitrogen and oxygen atoms in total. The molecule has 2 unspecified atom stereocenters. The van der Waals surface area contributed by atoms with Crippen LogP contribution < -0.4 is 9.47 Å². The first-order chi connectivity index (χ1) is 19.8. The molecule has 218 valence electrons. The van der Waals surface area contributed by atoms with E-state index in [1.165, 1.54) is 0 Å². The lowest BCUT2D eigenvalue weighted by molar-refractivity contribution is -0.230. The van der Waals surface area contributed by atoms with Gasteiger partial charge in [0.2, 0.25) is 0 Å². The molecule has 2 saturated heterocycles. The predicted octanol–water partition coefficient (Wildman–Crippen LogP) is 4.17. The van der Waals surface area contributed by atoms with E-state index in [4.69, 9.17) is 25.8 Å². The van der Waals surface area contributed by atoms with Crippen molar-refractivity contribution in [3.63, 3.8) is 0 Å². The van der Waals surface area contributed by atoms with Crippen LogP contribution in [0.25, 0.3) is 0 Å². The van der Waals surface area contributed by atoms with Crippen LogP contribution in [0.3, 0.4) is 0 Å². The third-order valence-electron chi connectivity index (χ3n) is 7.63. The van der Waals surface area contributed by atoms with Gasteiger partial charge < -0.3 is 34.4 Å². The van der Waals surface area contributed by atoms with E-state index in [1.54, 1.807) is 36.4 Å². The minimum Gasteiger partial charge on any atom is -0.494 e. The number of hydrogen-bond donors (Lipinski definition) is 3. The molecule has 1 amide bonds. The van der Waals surface area contributed by atoms with E-state index >= 15 is 0 Å². The van der Waals surface area contributed by atoms with Crippen LogP contribution in [-0.4, -0.2) is 76.8 Å². The summed E-state index contributed by atoms with van der Waals surface area (Å²) in [7, 11) is 0. The van der Waals surface area contributed by atoms with Gasteiger partial charge in [0.05, 0.1) is 6.61 Å². The molecule has 3 aromatic rings. The van der Waals surface area contributed by atoms with Gasteiger partial charge in [-0.3, -0.25) is 4.79 Å². The smallest absolute Gasteiger partial charge is 0.253 e. The molecule has 2 aliphatic rings. The number of likely N-dealkylation sites (tertiary alicyclic amines) is 1. The highest BCUT2D eigenvalue weighted by Crippen LogP contribution is 2.35. The number of amides is 1. The number of benzene rings is 3. The maximum Gasteiger partial charge on any atom is 0.253 e. The third-order valence-corrected chi connectivity index (χ3v) is 8.00. The fourth-order valence-corrected chi connectivity index (χ4v) is 5.55. The van der Waals surface area contributed by atoms with Gasteiger partial charge in [0, 0.05) is 23.7 Å². The van der Waals surface area contributed by atoms with E-state index in [0.717, 1.165) is 42.8 Å². The average Bonchev–Trinajstić information content (AvgIpc) is 3.53. The van der Waals surface area contributed by atoms with Crippen LogP contribution >= 0.6 is 11.6 Å². The van der Waals surface area contributed by atoms with Crippen molar-refractivity contribution in [2.75, 3.05) is 26.3 Å². The molecule has 9 heteroatoms. The van der Waals surface area contributed by atoms with Crippen molar-refractivity contribution in [2.45, 2.75) is 56.7 Å². The van der Waals surface area contributed by atoms with Gasteiger partial charge in [-0.25, -0.2) is 0 Å². The van der Waals surface area contributed by atoms with Gasteiger partial charge in [0.25, 0.3) is 5.91 Å². The van der Waals surface area contributed by atoms with Gasteiger partial charge in [-0.1, -0.05) is 41.9 Å². The molecular formula is C32H36ClNO7. The first-order valence-corrected chi connectivity index (χ1v) is 14.4. The normalized spacial score (nSPS) is 24.3. The standard InChI is InChI=1S/C32H36ClNO7/c1-2-39-24-11-8-20(9-12-24)16-23-17-21(10-13-26(23)33)31-30(37)29(36)28(35)27(41-31)19-40-25-7-5-6-22(18-25)32(38)34-14-3-4-15-34/h5-13,17-18,27-31,35-37H,2-4,14-16,19H2,1H3/t27-,28-,29?,30?,31+/m1/s1. The summed E-state index contributed by atoms with van der Waals surface area (Å²) in [5, 5.41) is 32.8. The van der Waals surface area contributed by atoms with Crippen LogP contribution in [0.2, 0.25) is 5.02 Å². The maximum absolute atomic E-state index is 12.8. The van der Waals surface area contributed by atoms with Gasteiger partial charge in [0.15, 0.2) is 0 Å². The Bertz CT molecular complexity index is 1330. The Morgan fingerprint density at radius 3 is 2.41 bits per heavy atom. The number of carbonyl (C=O) groups excluding carboxylic acids is 1. The Hall–Kier alpha value is -3.14. The fraction of sp³-hybridized carbons (Fsp3) is 0.406. The van der Waals surface area contributed by atoms with E-state index in [9.17, 15) is 20.1 Å². The van der Waals surface area contributed by atoms with Gasteiger partial charge in [-0.2, -0.15) is 0 Å². The molecule has 0 bridgehead atoms. The molecule has 2 aliphatic heterocycles. The highest BCUT2D eigenvalue weighted by Gasteiger charge is 2.44. The summed E-state index contributed by atoms with van der Waals surface area (Å²) in [5.41, 5.74) is 3.02. The number of rotatable bonds is 9. The summed E-state index contributed by atoms with van der Waals surface area (Å²) in [6, 6.07) is 20.0. The van der Waals surface area contributed by atoms with E-state index in [1.807, 2.05) is 42.2 Å². The van der Waals surface area contributed by atoms with Crippen molar-refractivity contribution >= 4 is 17.5 Å². The molecular weight excluding hydrogens is 546 g/mol. The lowest BCUT2D eigenvalue weighted by atomic mass is 9.90. The molecule has 0 spiro atoms. The van der Waals surface area contributed by atoms with Crippen molar-refractivity contribution in [1.29, 1.82) is 0 Å². The van der Waals surface area contributed by atoms with Crippen molar-refractivity contribution in [3.05, 3.63) is 94.0 Å². The number of aliphatic hydroxyl groups is 3. The van der Waals surface area contributed by atoms with E-state index in [2.05, 4.69) is 0 Å². The SMILES string of the molecule is CCOc1ccc(Cc2cc([C@@H]3O[C@H](COc4cccc(C(=O)N5CCCC5)c4)[C@@H](O)C(O)C3O)ccc2Cl)cc1. The Balaban J connectivity index is 1.28. The summed E-state index contributed by atoms with van der Waals surface area (Å²) in [6.45, 7) is 3.94. The third kappa shape index (κ3) is 6.85. The molecule has 3 N–H and O–H groups in total. The lowest BCUT2D eigenvalue weighted by Gasteiger charge is -2.40. The van der Waals surface area contributed by atoms with Crippen molar-refractivity contribution in [1.82, 2.24) is 4.90 Å². The lowest BCUT2D eigenvalue weighted by Crippen LogP contribution is -2.55. The molecule has 3 aromatic carbocycles. The van der Waals surface area contributed by atoms with Crippen LogP contribution in [-0.2, 0) is 11.2 Å². The summed E-state index contributed by atoms with van der Waals surface area (Å²) in [4.78, 5) is 14.6. The molecule has 5 rings (SSSR count). The number of ether oxygens (including phenoxy) is 3. The van der Waals surface area contributed by atoms with E-state index < -0.39 is 30.5 Å². The largest absolute Gasteiger partial charge is 0.494 e. The quantitative estimate of drug-likeness (QED) is 0.348. The number of halogens is 1. The molecule has 41 heavy (non-hydrogen) atoms. The first-order valence-electron chi connectivity index (χ1n) is 14.1. The van der Waals surface area contributed by atoms with Gasteiger partial charge in [-0.15, -0.1) is 0 Å². The van der Waals surface area contributed by atoms with Crippen molar-refractivity contribution < 1.29 is 34.3 Å². The van der Waals surface area contributed by atoms with Crippen LogP contribution in [0, 0.1) is 0 Å². The monoisotopic (exact) mass is 581 g/mol. The first kappa shape index (κ1) is 29.4. The molecule has 0 radical (unpaired) electrons. The molecule has 0 aromatic heterocycles. The van der Waals surface area contributed by atoms with Gasteiger partial charge >= 0.3 is 0 Å². The fourth-order valence-electron chi connectivity index (χ4n) is 5.36. The summed E-state index contributed by atoms with van der Waals surface area (Å²) in [6.07, 6.45) is -3.46. The molecule has 2 heterocycles. The Morgan fingerprint density at radius 2 is 1.68 bits per heavy atom. The van der Waals surface area contributed by atoms with Crippen molar-refractivity contribution in [2.24, 2.45) is 0 Å². The second-order valence-electron chi connectivity index (χ2n) is 10.5. The van der Waals surface area contributed by atoms with E-state index in [0.29, 0.717) is 34.9 Å². The number of nitrogens with zero attached hydrogens (tertiary/aromatic N) is 1. The minimum atomic E-state index is -1.45. The second kappa shape index (κ2) is 13.2. The zero-order chi connectivity index (χ0) is 28.9. The summed E-state index contributed by atoms with van der Waals surface area (Å²) < 4.78 is 17.5. The van der Waals surface area contributed by atoms with E-state index in [-0.39, 0.29) is 12.5 Å². The number of hydrogen-bond acceptors (Lipinski definition) is 7. The van der Waals surface area contributed by atoms with Crippen LogP contribution in [0.15, 0.2) is 66.7 Å². The predicted molar refractivity (Wildman–Crippen MR) is 155 cm³/mol. The van der Waals surface area contributed by atoms with Gasteiger partial charge in [-0.05, 0) is 79.3 Å². The zero-order valence-corrected chi connectivity index (χ0v) is 23.7. The Morgan fingerprint density at radius 1 is 0.927 bits per heavy atom. The van der Waals surface area contributed by atoms with Crippen LogP contribution in [0.1, 0.15) is 52.9 Å². The maximum atomic E-state index is 12.8. The zero-order valence-electron chi connectivity index (χ0n) is 23.0. The summed E-state index contributed by atoms with van der Waals surface area (Å²) in [5.74, 6) is 1.21. The minimum absolute atomic E-state index is 0.0377. The molecule has 0 aliphatic carbocycles. The number of aliphatic hydroxyl groups excluding tert-OH is 3. The Kier molecular flexibility index (Phi) is 9.47. The Labute approximate surface area is 245 Å². The summed E-state index contributed by atoms with van der Waals surface area (Å²) >= 11 is 6.51.